The van der Waals surface area contributed by atoms with Gasteiger partial charge in [-0.1, -0.05) is 35.3 Å². The van der Waals surface area contributed by atoms with Crippen LogP contribution in [0, 0.1) is 11.3 Å². The number of hydrogen-bond donors (Lipinski definition) is 1. The van der Waals surface area contributed by atoms with Gasteiger partial charge in [0.25, 0.3) is 5.91 Å². The van der Waals surface area contributed by atoms with Crippen LogP contribution in [0.3, 0.4) is 0 Å². The number of anilines is 1. The number of ether oxygens (including phenoxy) is 3. The van der Waals surface area contributed by atoms with Crippen molar-refractivity contribution in [2.45, 2.75) is 20.0 Å². The molecule has 1 amide bonds. The molecule has 0 radical (unpaired) electrons. The lowest BCUT2D eigenvalue weighted by Crippen LogP contribution is -2.13. The van der Waals surface area contributed by atoms with Crippen LogP contribution in [0.5, 0.6) is 17.2 Å². The van der Waals surface area contributed by atoms with Crippen molar-refractivity contribution in [3.05, 3.63) is 99.6 Å². The van der Waals surface area contributed by atoms with Crippen LogP contribution < -0.4 is 19.5 Å². The monoisotopic (exact) mass is 536 g/mol. The van der Waals surface area contributed by atoms with E-state index < -0.39 is 5.91 Å². The molecule has 8 heteroatoms. The fraction of sp³-hybridized carbons (Fsp3) is 0.172. The first-order valence-electron chi connectivity index (χ1n) is 11.4. The third-order valence-electron chi connectivity index (χ3n) is 5.23. The summed E-state index contributed by atoms with van der Waals surface area (Å²) in [7, 11) is 1.56. The lowest BCUT2D eigenvalue weighted by Gasteiger charge is -2.17. The second-order valence-corrected chi connectivity index (χ2v) is 8.65. The zero-order chi connectivity index (χ0) is 26.8. The molecule has 0 saturated heterocycles. The third-order valence-corrected chi connectivity index (χ3v) is 5.82. The van der Waals surface area contributed by atoms with E-state index in [1.165, 1.54) is 6.08 Å². The smallest absolute Gasteiger partial charge is 0.266 e. The van der Waals surface area contributed by atoms with Crippen LogP contribution in [0.2, 0.25) is 10.0 Å². The number of nitrogens with zero attached hydrogens (tertiary/aromatic N) is 1. The summed E-state index contributed by atoms with van der Waals surface area (Å²) in [6, 6.07) is 17.6. The van der Waals surface area contributed by atoms with Gasteiger partial charge >= 0.3 is 0 Å². The molecule has 3 rings (SSSR count). The molecule has 0 fully saturated rings. The predicted octanol–water partition coefficient (Wildman–Crippen LogP) is 7.25. The summed E-state index contributed by atoms with van der Waals surface area (Å²) in [6.45, 7) is 6.28. The standard InChI is InChI=1S/C29H26Cl2N2O4/c1-4-6-20-13-19(14-22(17-32)29(34)33-24-9-11-25(35-3)12-10-24)15-27(36-5-2)28(20)37-18-21-7-8-23(30)16-26(21)31/h4,7-16H,1,5-6,18H2,2-3H3,(H,33,34)/b22-14+. The lowest BCUT2D eigenvalue weighted by atomic mass is 10.0. The Morgan fingerprint density at radius 1 is 1.08 bits per heavy atom. The van der Waals surface area contributed by atoms with E-state index in [-0.39, 0.29) is 12.2 Å². The minimum atomic E-state index is -0.534. The van der Waals surface area contributed by atoms with E-state index in [1.807, 2.05) is 19.1 Å². The van der Waals surface area contributed by atoms with E-state index in [9.17, 15) is 10.1 Å². The molecule has 0 aromatic heterocycles. The molecule has 0 bridgehead atoms. The Morgan fingerprint density at radius 3 is 2.46 bits per heavy atom. The Bertz CT molecular complexity index is 1350. The summed E-state index contributed by atoms with van der Waals surface area (Å²) in [6.07, 6.45) is 3.72. The molecule has 0 heterocycles. The van der Waals surface area contributed by atoms with Gasteiger partial charge in [0.1, 0.15) is 24.0 Å². The van der Waals surface area contributed by atoms with E-state index >= 15 is 0 Å². The number of benzene rings is 3. The molecule has 0 spiro atoms. The predicted molar refractivity (Wildman–Crippen MR) is 148 cm³/mol. The number of halogens is 2. The second kappa shape index (κ2) is 13.4. The molecule has 0 aliphatic carbocycles. The Morgan fingerprint density at radius 2 is 1.84 bits per heavy atom. The van der Waals surface area contributed by atoms with E-state index in [2.05, 4.69) is 11.9 Å². The van der Waals surface area contributed by atoms with Crippen LogP contribution in [0.15, 0.2) is 72.8 Å². The molecule has 37 heavy (non-hydrogen) atoms. The number of hydrogen-bond acceptors (Lipinski definition) is 5. The van der Waals surface area contributed by atoms with Crippen LogP contribution in [-0.4, -0.2) is 19.6 Å². The highest BCUT2D eigenvalue weighted by molar-refractivity contribution is 6.35. The maximum absolute atomic E-state index is 12.8. The number of rotatable bonds is 11. The molecule has 0 aliphatic heterocycles. The van der Waals surface area contributed by atoms with Crippen molar-refractivity contribution >= 4 is 40.9 Å². The van der Waals surface area contributed by atoms with Crippen LogP contribution in [0.1, 0.15) is 23.6 Å². The Labute approximate surface area is 226 Å². The molecule has 190 valence electrons. The highest BCUT2D eigenvalue weighted by atomic mass is 35.5. The zero-order valence-electron chi connectivity index (χ0n) is 20.5. The van der Waals surface area contributed by atoms with Gasteiger partial charge in [0.2, 0.25) is 0 Å². The maximum Gasteiger partial charge on any atom is 0.266 e. The van der Waals surface area contributed by atoms with Gasteiger partial charge in [-0.15, -0.1) is 6.58 Å². The van der Waals surface area contributed by atoms with Crippen molar-refractivity contribution in [3.8, 4) is 23.3 Å². The number of nitrogens with one attached hydrogen (secondary N) is 1. The summed E-state index contributed by atoms with van der Waals surface area (Å²) in [5.74, 6) is 1.14. The molecule has 6 nitrogen and oxygen atoms in total. The van der Waals surface area contributed by atoms with Gasteiger partial charge in [0.05, 0.1) is 13.7 Å². The van der Waals surface area contributed by atoms with Gasteiger partial charge in [0.15, 0.2) is 11.5 Å². The normalized spacial score (nSPS) is 10.8. The fourth-order valence-corrected chi connectivity index (χ4v) is 3.94. The van der Waals surface area contributed by atoms with E-state index in [0.717, 1.165) is 11.1 Å². The summed E-state index contributed by atoms with van der Waals surface area (Å²) in [5, 5.41) is 13.4. The topological polar surface area (TPSA) is 80.6 Å². The van der Waals surface area contributed by atoms with Crippen LogP contribution in [0.4, 0.5) is 5.69 Å². The van der Waals surface area contributed by atoms with Crippen molar-refractivity contribution in [3.63, 3.8) is 0 Å². The van der Waals surface area contributed by atoms with E-state index in [0.29, 0.717) is 51.6 Å². The SMILES string of the molecule is C=CCc1cc(/C=C(\C#N)C(=O)Nc2ccc(OC)cc2)cc(OCC)c1OCc1ccc(Cl)cc1Cl. The van der Waals surface area contributed by atoms with Gasteiger partial charge < -0.3 is 19.5 Å². The summed E-state index contributed by atoms with van der Waals surface area (Å²) in [4.78, 5) is 12.8. The van der Waals surface area contributed by atoms with Crippen molar-refractivity contribution in [1.82, 2.24) is 0 Å². The first-order chi connectivity index (χ1) is 17.9. The highest BCUT2D eigenvalue weighted by Gasteiger charge is 2.16. The quantitative estimate of drug-likeness (QED) is 0.158. The Balaban J connectivity index is 1.91. The number of allylic oxidation sites excluding steroid dienone is 1. The van der Waals surface area contributed by atoms with Crippen molar-refractivity contribution in [1.29, 1.82) is 5.26 Å². The minimum Gasteiger partial charge on any atom is -0.497 e. The van der Waals surface area contributed by atoms with E-state index in [4.69, 9.17) is 37.4 Å². The Hall–Kier alpha value is -3.92. The fourth-order valence-electron chi connectivity index (χ4n) is 3.48. The summed E-state index contributed by atoms with van der Waals surface area (Å²) in [5.41, 5.74) is 2.64. The number of nitriles is 1. The third kappa shape index (κ3) is 7.53. The van der Waals surface area contributed by atoms with Crippen LogP contribution in [0.25, 0.3) is 6.08 Å². The first kappa shape index (κ1) is 27.7. The summed E-state index contributed by atoms with van der Waals surface area (Å²) >= 11 is 12.3. The zero-order valence-corrected chi connectivity index (χ0v) is 22.0. The highest BCUT2D eigenvalue weighted by Crippen LogP contribution is 2.36. The maximum atomic E-state index is 12.8. The molecular weight excluding hydrogens is 511 g/mol. The largest absolute Gasteiger partial charge is 0.497 e. The van der Waals surface area contributed by atoms with Crippen molar-refractivity contribution < 1.29 is 19.0 Å². The number of carbonyl (C=O) groups excluding carboxylic acids is 1. The van der Waals surface area contributed by atoms with Crippen molar-refractivity contribution in [2.75, 3.05) is 19.0 Å². The van der Waals surface area contributed by atoms with Gasteiger partial charge in [-0.25, -0.2) is 0 Å². The van der Waals surface area contributed by atoms with Gasteiger partial charge in [0, 0.05) is 26.9 Å². The number of carbonyl (C=O) groups is 1. The van der Waals surface area contributed by atoms with Gasteiger partial charge in [-0.2, -0.15) is 5.26 Å². The molecule has 0 aliphatic rings. The molecule has 0 atom stereocenters. The molecule has 3 aromatic rings. The average molecular weight is 537 g/mol. The molecule has 0 saturated carbocycles. The minimum absolute atomic E-state index is 0.0653. The van der Waals surface area contributed by atoms with E-state index in [1.54, 1.807) is 61.7 Å². The summed E-state index contributed by atoms with van der Waals surface area (Å²) < 4.78 is 17.1. The van der Waals surface area contributed by atoms with Crippen molar-refractivity contribution in [2.24, 2.45) is 0 Å². The molecule has 1 N–H and O–H groups in total. The lowest BCUT2D eigenvalue weighted by molar-refractivity contribution is -0.112. The van der Waals surface area contributed by atoms with Gasteiger partial charge in [-0.3, -0.25) is 4.79 Å². The molecule has 0 unspecified atom stereocenters. The molecular formula is C29H26Cl2N2O4. The van der Waals surface area contributed by atoms with Gasteiger partial charge in [-0.05, 0) is 73.5 Å². The molecule has 3 aromatic carbocycles. The van der Waals surface area contributed by atoms with Crippen LogP contribution in [-0.2, 0) is 17.8 Å². The average Bonchev–Trinajstić information content (AvgIpc) is 2.88. The number of methoxy groups -OCH3 is 1. The second-order valence-electron chi connectivity index (χ2n) is 7.81. The first-order valence-corrected chi connectivity index (χ1v) is 12.2. The number of amides is 1. The Kier molecular flexibility index (Phi) is 10.0. The van der Waals surface area contributed by atoms with Crippen LogP contribution >= 0.6 is 23.2 Å².